The van der Waals surface area contributed by atoms with E-state index in [0.717, 1.165) is 0 Å². The smallest absolute Gasteiger partial charge is 0.164 e. The first-order valence-corrected chi connectivity index (χ1v) is 4.92. The molecule has 6 nitrogen and oxygen atoms in total. The average molecular weight is 221 g/mol. The summed E-state index contributed by atoms with van der Waals surface area (Å²) in [7, 11) is 0. The van der Waals surface area contributed by atoms with Crippen LogP contribution in [-0.4, -0.2) is 58.7 Å². The lowest BCUT2D eigenvalue weighted by Crippen LogP contribution is -2.49. The van der Waals surface area contributed by atoms with E-state index in [4.69, 9.17) is 25.4 Å². The molecular formula is C9H19NO5. The normalized spacial score (nSPS) is 34.0. The topological polar surface area (TPSA) is 105 Å². The molecule has 4 atom stereocenters. The Morgan fingerprint density at radius 3 is 2.40 bits per heavy atom. The molecule has 1 aliphatic rings. The van der Waals surface area contributed by atoms with Crippen molar-refractivity contribution in [2.45, 2.75) is 44.0 Å². The third kappa shape index (κ3) is 2.87. The Morgan fingerprint density at radius 2 is 1.93 bits per heavy atom. The van der Waals surface area contributed by atoms with Gasteiger partial charge < -0.3 is 30.5 Å². The second-order valence-electron chi connectivity index (χ2n) is 4.16. The fraction of sp³-hybridized carbons (Fsp3) is 1.00. The lowest BCUT2D eigenvalue weighted by atomic mass is 10.0. The maximum absolute atomic E-state index is 9.75. The van der Waals surface area contributed by atoms with Crippen molar-refractivity contribution in [3.05, 3.63) is 0 Å². The second kappa shape index (κ2) is 4.73. The fourth-order valence-electron chi connectivity index (χ4n) is 1.65. The molecule has 15 heavy (non-hydrogen) atoms. The summed E-state index contributed by atoms with van der Waals surface area (Å²) < 4.78 is 10.8. The quantitative estimate of drug-likeness (QED) is 0.445. The highest BCUT2D eigenvalue weighted by atomic mass is 16.8. The van der Waals surface area contributed by atoms with Gasteiger partial charge in [0.25, 0.3) is 0 Å². The number of hydrogen-bond donors (Lipinski definition) is 4. The molecule has 0 amide bonds. The number of nitrogens with two attached hydrogens (primary N) is 1. The minimum atomic E-state index is -1.06. The summed E-state index contributed by atoms with van der Waals surface area (Å²) in [5, 5.41) is 27.6. The molecule has 0 aliphatic carbocycles. The van der Waals surface area contributed by atoms with Crippen LogP contribution in [0.1, 0.15) is 13.8 Å². The Labute approximate surface area is 88.6 Å². The van der Waals surface area contributed by atoms with Gasteiger partial charge in [-0.15, -0.1) is 0 Å². The molecule has 5 N–H and O–H groups in total. The van der Waals surface area contributed by atoms with Gasteiger partial charge in [-0.3, -0.25) is 0 Å². The summed E-state index contributed by atoms with van der Waals surface area (Å²) in [5.41, 5.74) is 5.48. The van der Waals surface area contributed by atoms with Crippen LogP contribution in [0.3, 0.4) is 0 Å². The van der Waals surface area contributed by atoms with Gasteiger partial charge in [0.2, 0.25) is 0 Å². The third-order valence-corrected chi connectivity index (χ3v) is 2.39. The first-order chi connectivity index (χ1) is 6.91. The predicted octanol–water partition coefficient (Wildman–Crippen LogP) is -1.82. The summed E-state index contributed by atoms with van der Waals surface area (Å²) in [6.45, 7) is 2.77. The van der Waals surface area contributed by atoms with Gasteiger partial charge in [0, 0.05) is 0 Å². The van der Waals surface area contributed by atoms with E-state index in [1.807, 2.05) is 0 Å². The summed E-state index contributed by atoms with van der Waals surface area (Å²) in [4.78, 5) is 0. The zero-order chi connectivity index (χ0) is 11.6. The zero-order valence-corrected chi connectivity index (χ0v) is 8.96. The largest absolute Gasteiger partial charge is 0.395 e. The first kappa shape index (κ1) is 12.8. The van der Waals surface area contributed by atoms with Crippen LogP contribution in [0.25, 0.3) is 0 Å². The number of ether oxygens (including phenoxy) is 2. The van der Waals surface area contributed by atoms with E-state index >= 15 is 0 Å². The van der Waals surface area contributed by atoms with E-state index in [1.54, 1.807) is 13.8 Å². The van der Waals surface area contributed by atoms with Crippen molar-refractivity contribution in [1.29, 1.82) is 0 Å². The van der Waals surface area contributed by atoms with Crippen LogP contribution in [0.5, 0.6) is 0 Å². The van der Waals surface area contributed by atoms with Gasteiger partial charge in [0.05, 0.1) is 19.3 Å². The van der Waals surface area contributed by atoms with E-state index in [-0.39, 0.29) is 13.2 Å². The van der Waals surface area contributed by atoms with Crippen LogP contribution < -0.4 is 5.73 Å². The molecule has 90 valence electrons. The van der Waals surface area contributed by atoms with Crippen molar-refractivity contribution in [2.75, 3.05) is 13.2 Å². The van der Waals surface area contributed by atoms with Crippen molar-refractivity contribution < 1.29 is 24.8 Å². The molecule has 1 rings (SSSR count). The molecule has 0 spiro atoms. The Kier molecular flexibility index (Phi) is 4.05. The standard InChI is InChI=1S/C9H19NO5/c1-9(2)14-6(4-12)8(15-9)7(13)5(10)3-11/h5-8,11-13H,3-4,10H2,1-2H3/t5-,6-,7-,8-/m1/s1. The lowest BCUT2D eigenvalue weighted by Gasteiger charge is -2.25. The van der Waals surface area contributed by atoms with Crippen molar-refractivity contribution in [3.8, 4) is 0 Å². The molecule has 6 heteroatoms. The minimum Gasteiger partial charge on any atom is -0.395 e. The summed E-state index contributed by atoms with van der Waals surface area (Å²) in [6.07, 6.45) is -2.39. The Hall–Kier alpha value is -0.240. The first-order valence-electron chi connectivity index (χ1n) is 4.92. The molecule has 0 saturated carbocycles. The van der Waals surface area contributed by atoms with Crippen LogP contribution in [-0.2, 0) is 9.47 Å². The van der Waals surface area contributed by atoms with Gasteiger partial charge in [-0.2, -0.15) is 0 Å². The van der Waals surface area contributed by atoms with E-state index in [0.29, 0.717) is 0 Å². The maximum Gasteiger partial charge on any atom is 0.164 e. The average Bonchev–Trinajstić information content (AvgIpc) is 2.51. The third-order valence-electron chi connectivity index (χ3n) is 2.39. The van der Waals surface area contributed by atoms with E-state index in [1.165, 1.54) is 0 Å². The highest BCUT2D eigenvalue weighted by Crippen LogP contribution is 2.30. The predicted molar refractivity (Wildman–Crippen MR) is 52.0 cm³/mol. The van der Waals surface area contributed by atoms with Crippen molar-refractivity contribution in [3.63, 3.8) is 0 Å². The molecule has 1 fully saturated rings. The molecule has 1 aliphatic heterocycles. The molecule has 0 radical (unpaired) electrons. The van der Waals surface area contributed by atoms with Gasteiger partial charge in [-0.05, 0) is 13.8 Å². The number of aliphatic hydroxyl groups excluding tert-OH is 3. The van der Waals surface area contributed by atoms with Crippen LogP contribution >= 0.6 is 0 Å². The Morgan fingerprint density at radius 1 is 1.33 bits per heavy atom. The van der Waals surface area contributed by atoms with E-state index in [2.05, 4.69) is 0 Å². The van der Waals surface area contributed by atoms with Crippen molar-refractivity contribution in [1.82, 2.24) is 0 Å². The van der Waals surface area contributed by atoms with Crippen molar-refractivity contribution in [2.24, 2.45) is 5.73 Å². The SMILES string of the molecule is CC1(C)O[C@@H]([C@H](O)[C@H](N)CO)[C@@H](CO)O1. The number of aliphatic hydroxyl groups is 3. The van der Waals surface area contributed by atoms with Gasteiger partial charge in [-0.25, -0.2) is 0 Å². The Balaban J connectivity index is 2.68. The number of hydrogen-bond acceptors (Lipinski definition) is 6. The molecule has 0 unspecified atom stereocenters. The van der Waals surface area contributed by atoms with E-state index in [9.17, 15) is 5.11 Å². The van der Waals surface area contributed by atoms with E-state index < -0.39 is 30.1 Å². The summed E-state index contributed by atoms with van der Waals surface area (Å²) >= 11 is 0. The van der Waals surface area contributed by atoms with Crippen LogP contribution in [0.4, 0.5) is 0 Å². The zero-order valence-electron chi connectivity index (χ0n) is 8.96. The molecule has 0 bridgehead atoms. The van der Waals surface area contributed by atoms with Gasteiger partial charge in [0.1, 0.15) is 18.3 Å². The van der Waals surface area contributed by atoms with Crippen LogP contribution in [0.15, 0.2) is 0 Å². The molecule has 1 heterocycles. The Bertz CT molecular complexity index is 211. The summed E-state index contributed by atoms with van der Waals surface area (Å²) in [6, 6.07) is -0.804. The fourth-order valence-corrected chi connectivity index (χ4v) is 1.65. The van der Waals surface area contributed by atoms with Crippen LogP contribution in [0.2, 0.25) is 0 Å². The second-order valence-corrected chi connectivity index (χ2v) is 4.16. The number of rotatable bonds is 4. The molecule has 1 saturated heterocycles. The van der Waals surface area contributed by atoms with Crippen LogP contribution in [0, 0.1) is 0 Å². The van der Waals surface area contributed by atoms with Gasteiger partial charge in [0.15, 0.2) is 5.79 Å². The lowest BCUT2D eigenvalue weighted by molar-refractivity contribution is -0.158. The highest BCUT2D eigenvalue weighted by Gasteiger charge is 2.45. The van der Waals surface area contributed by atoms with Crippen molar-refractivity contribution >= 4 is 0 Å². The molecule has 0 aromatic rings. The molecule has 0 aromatic heterocycles. The van der Waals surface area contributed by atoms with Gasteiger partial charge >= 0.3 is 0 Å². The van der Waals surface area contributed by atoms with Gasteiger partial charge in [-0.1, -0.05) is 0 Å². The molecule has 0 aromatic carbocycles. The summed E-state index contributed by atoms with van der Waals surface area (Å²) in [5.74, 6) is -0.853. The monoisotopic (exact) mass is 221 g/mol. The highest BCUT2D eigenvalue weighted by molar-refractivity contribution is 4.90. The molecular weight excluding hydrogens is 202 g/mol. The maximum atomic E-state index is 9.75. The minimum absolute atomic E-state index is 0.261.